The van der Waals surface area contributed by atoms with Crippen molar-refractivity contribution < 1.29 is 9.18 Å². The summed E-state index contributed by atoms with van der Waals surface area (Å²) in [4.78, 5) is 15.9. The number of aryl methyl sites for hydroxylation is 1. The summed E-state index contributed by atoms with van der Waals surface area (Å²) in [6.07, 6.45) is 4.90. The van der Waals surface area contributed by atoms with E-state index >= 15 is 4.39 Å². The third kappa shape index (κ3) is 3.06. The molecule has 3 heterocycles. The van der Waals surface area contributed by atoms with Crippen molar-refractivity contribution in [1.29, 1.82) is 5.26 Å². The van der Waals surface area contributed by atoms with Crippen LogP contribution >= 0.6 is 0 Å². The van der Waals surface area contributed by atoms with Crippen molar-refractivity contribution in [3.63, 3.8) is 0 Å². The lowest BCUT2D eigenvalue weighted by Gasteiger charge is -2.55. The molecule has 32 heavy (non-hydrogen) atoms. The van der Waals surface area contributed by atoms with Crippen LogP contribution in [-0.2, 0) is 4.79 Å². The Morgan fingerprint density at radius 1 is 1.25 bits per heavy atom. The van der Waals surface area contributed by atoms with E-state index in [-0.39, 0.29) is 11.3 Å². The van der Waals surface area contributed by atoms with Crippen LogP contribution in [0, 0.1) is 29.5 Å². The lowest BCUT2D eigenvalue weighted by molar-refractivity contribution is -0.128. The number of anilines is 1. The number of halogens is 1. The lowest BCUT2D eigenvalue weighted by atomic mass is 9.71. The quantitative estimate of drug-likeness (QED) is 0.634. The number of H-pyrrole nitrogens is 1. The van der Waals surface area contributed by atoms with Gasteiger partial charge in [0.25, 0.3) is 0 Å². The number of carbonyl (C=O) groups excluding carboxylic acids is 1. The maximum Gasteiger partial charge on any atom is 0.245 e. The molecule has 1 aromatic heterocycles. The predicted molar refractivity (Wildman–Crippen MR) is 122 cm³/mol. The molecule has 6 nitrogen and oxygen atoms in total. The van der Waals surface area contributed by atoms with Gasteiger partial charge in [0.05, 0.1) is 23.0 Å². The van der Waals surface area contributed by atoms with E-state index in [1.165, 1.54) is 12.1 Å². The zero-order valence-electron chi connectivity index (χ0n) is 18.0. The Kier molecular flexibility index (Phi) is 4.74. The van der Waals surface area contributed by atoms with Gasteiger partial charge in [-0.15, -0.1) is 0 Å². The number of amides is 1. The Bertz CT molecular complexity index is 1270. The zero-order valence-corrected chi connectivity index (χ0v) is 18.0. The van der Waals surface area contributed by atoms with Gasteiger partial charge in [-0.1, -0.05) is 12.6 Å². The molecule has 1 amide bonds. The predicted octanol–water partition coefficient (Wildman–Crippen LogP) is 4.16. The molecule has 0 radical (unpaired) electrons. The minimum absolute atomic E-state index is 0.0187. The number of hydrogen-bond acceptors (Lipinski definition) is 4. The number of nitrogens with one attached hydrogen (secondary N) is 1. The average molecular weight is 429 g/mol. The van der Waals surface area contributed by atoms with E-state index in [9.17, 15) is 10.1 Å². The fraction of sp³-hybridized carbons (Fsp3) is 0.320. The minimum atomic E-state index is -0.409. The molecule has 162 valence electrons. The summed E-state index contributed by atoms with van der Waals surface area (Å²) < 4.78 is 15.2. The van der Waals surface area contributed by atoms with E-state index in [2.05, 4.69) is 27.7 Å². The Hall–Kier alpha value is -3.66. The van der Waals surface area contributed by atoms with Crippen molar-refractivity contribution >= 4 is 22.5 Å². The number of hydrogen-bond donors (Lipinski definition) is 1. The molecule has 2 fully saturated rings. The summed E-state index contributed by atoms with van der Waals surface area (Å²) >= 11 is 0. The van der Waals surface area contributed by atoms with Crippen LogP contribution in [0.15, 0.2) is 43.1 Å². The number of aromatic nitrogens is 2. The number of piperidine rings is 1. The third-order valence-electron chi connectivity index (χ3n) is 7.03. The Morgan fingerprint density at radius 2 is 2.00 bits per heavy atom. The van der Waals surface area contributed by atoms with E-state index in [0.29, 0.717) is 16.7 Å². The molecule has 7 heteroatoms. The zero-order chi connectivity index (χ0) is 22.5. The second-order valence-electron chi connectivity index (χ2n) is 8.90. The molecule has 2 aliphatic rings. The summed E-state index contributed by atoms with van der Waals surface area (Å²) in [5, 5.41) is 17.9. The minimum Gasteiger partial charge on any atom is -0.369 e. The Morgan fingerprint density at radius 3 is 2.69 bits per heavy atom. The van der Waals surface area contributed by atoms with E-state index in [1.54, 1.807) is 12.3 Å². The molecule has 0 atom stereocenters. The summed E-state index contributed by atoms with van der Waals surface area (Å²) in [7, 11) is 0. The summed E-state index contributed by atoms with van der Waals surface area (Å²) in [6, 6.07) is 9.28. The molecule has 0 saturated carbocycles. The van der Waals surface area contributed by atoms with E-state index in [0.717, 1.165) is 61.2 Å². The Labute approximate surface area is 185 Å². The van der Waals surface area contributed by atoms with Crippen LogP contribution in [0.3, 0.4) is 0 Å². The van der Waals surface area contributed by atoms with Crippen molar-refractivity contribution in [2.24, 2.45) is 5.41 Å². The number of nitrogens with zero attached hydrogens (tertiary/aromatic N) is 4. The second-order valence-corrected chi connectivity index (χ2v) is 8.90. The molecule has 1 spiro atoms. The normalized spacial score (nSPS) is 17.3. The number of likely N-dealkylation sites (tertiary alicyclic amines) is 1. The maximum atomic E-state index is 15.2. The molecular weight excluding hydrogens is 405 g/mol. The van der Waals surface area contributed by atoms with E-state index in [1.807, 2.05) is 24.0 Å². The summed E-state index contributed by atoms with van der Waals surface area (Å²) in [5.41, 5.74) is 4.00. The van der Waals surface area contributed by atoms with Gasteiger partial charge in [0.1, 0.15) is 11.9 Å². The van der Waals surface area contributed by atoms with Crippen LogP contribution in [0.5, 0.6) is 0 Å². The third-order valence-corrected chi connectivity index (χ3v) is 7.03. The SMILES string of the molecule is C=CC(=O)N1CCC2(CC1)CN(c1ccc(F)c(-c3c(C)ccc4[nH]ncc34)c1C#N)C2. The number of rotatable bonds is 3. The number of carbonyl (C=O) groups is 1. The number of benzene rings is 2. The van der Waals surface area contributed by atoms with Crippen molar-refractivity contribution in [2.45, 2.75) is 19.8 Å². The molecule has 0 aliphatic carbocycles. The Balaban J connectivity index is 1.47. The highest BCUT2D eigenvalue weighted by molar-refractivity contribution is 5.99. The van der Waals surface area contributed by atoms with Crippen LogP contribution in [-0.4, -0.2) is 47.2 Å². The summed E-state index contributed by atoms with van der Waals surface area (Å²) in [5.74, 6) is -0.427. The molecule has 5 rings (SSSR count). The largest absolute Gasteiger partial charge is 0.369 e. The topological polar surface area (TPSA) is 76.0 Å². The number of fused-ring (bicyclic) bond motifs is 1. The molecule has 2 aliphatic heterocycles. The van der Waals surface area contributed by atoms with E-state index in [4.69, 9.17) is 0 Å². The number of nitriles is 1. The fourth-order valence-corrected chi connectivity index (χ4v) is 5.23. The van der Waals surface area contributed by atoms with Crippen LogP contribution < -0.4 is 4.90 Å². The fourth-order valence-electron chi connectivity index (χ4n) is 5.23. The molecule has 0 bridgehead atoms. The highest BCUT2D eigenvalue weighted by atomic mass is 19.1. The molecule has 2 saturated heterocycles. The first-order chi connectivity index (χ1) is 15.5. The van der Waals surface area contributed by atoms with Crippen molar-refractivity contribution in [3.05, 3.63) is 60.1 Å². The van der Waals surface area contributed by atoms with Gasteiger partial charge in [-0.25, -0.2) is 4.39 Å². The molecule has 0 unspecified atom stereocenters. The average Bonchev–Trinajstić information content (AvgIpc) is 3.26. The van der Waals surface area contributed by atoms with Gasteiger partial charge in [0.15, 0.2) is 0 Å². The lowest BCUT2D eigenvalue weighted by Crippen LogP contribution is -2.61. The monoisotopic (exact) mass is 429 g/mol. The number of aromatic amines is 1. The van der Waals surface area contributed by atoms with Gasteiger partial charge in [-0.05, 0) is 55.2 Å². The molecule has 1 N–H and O–H groups in total. The van der Waals surface area contributed by atoms with Gasteiger partial charge < -0.3 is 9.80 Å². The van der Waals surface area contributed by atoms with Gasteiger partial charge in [0, 0.05) is 42.5 Å². The molecule has 2 aromatic carbocycles. The van der Waals surface area contributed by atoms with Crippen LogP contribution in [0.25, 0.3) is 22.0 Å². The first kappa shape index (κ1) is 20.3. The van der Waals surface area contributed by atoms with Crippen LogP contribution in [0.1, 0.15) is 24.0 Å². The van der Waals surface area contributed by atoms with Gasteiger partial charge in [-0.3, -0.25) is 9.89 Å². The first-order valence-corrected chi connectivity index (χ1v) is 10.8. The highest BCUT2D eigenvalue weighted by Crippen LogP contribution is 2.46. The van der Waals surface area contributed by atoms with Crippen LogP contribution in [0.2, 0.25) is 0 Å². The highest BCUT2D eigenvalue weighted by Gasteiger charge is 2.46. The van der Waals surface area contributed by atoms with Crippen molar-refractivity contribution in [3.8, 4) is 17.2 Å². The molecular formula is C25H24FN5O. The maximum absolute atomic E-state index is 15.2. The van der Waals surface area contributed by atoms with Crippen molar-refractivity contribution in [1.82, 2.24) is 15.1 Å². The second kappa shape index (κ2) is 7.49. The standard InChI is InChI=1S/C25H24FN5O/c1-3-22(32)30-10-8-25(9-11-30)14-31(15-25)21-7-5-19(26)24(17(21)12-27)23-16(2)4-6-20-18(23)13-28-29-20/h3-7,13H,1,8-11,14-15H2,2H3,(H,28,29). The summed E-state index contributed by atoms with van der Waals surface area (Å²) in [6.45, 7) is 8.55. The smallest absolute Gasteiger partial charge is 0.245 e. The van der Waals surface area contributed by atoms with Gasteiger partial charge in [0.2, 0.25) is 5.91 Å². The van der Waals surface area contributed by atoms with Crippen molar-refractivity contribution in [2.75, 3.05) is 31.1 Å². The van der Waals surface area contributed by atoms with Gasteiger partial charge >= 0.3 is 0 Å². The first-order valence-electron chi connectivity index (χ1n) is 10.8. The van der Waals surface area contributed by atoms with E-state index < -0.39 is 5.82 Å². The van der Waals surface area contributed by atoms with Gasteiger partial charge in [-0.2, -0.15) is 10.4 Å². The molecule has 3 aromatic rings. The van der Waals surface area contributed by atoms with Crippen LogP contribution in [0.4, 0.5) is 10.1 Å².